The van der Waals surface area contributed by atoms with Gasteiger partial charge < -0.3 is 14.8 Å². The average molecular weight is 377 g/mol. The molecule has 28 heavy (non-hydrogen) atoms. The Morgan fingerprint density at radius 1 is 1.14 bits per heavy atom. The van der Waals surface area contributed by atoms with Crippen molar-refractivity contribution in [2.45, 2.75) is 32.8 Å². The van der Waals surface area contributed by atoms with Gasteiger partial charge in [0.1, 0.15) is 6.61 Å². The van der Waals surface area contributed by atoms with Crippen molar-refractivity contribution in [3.8, 4) is 11.5 Å². The number of hydrogen-bond donors (Lipinski definition) is 2. The molecule has 4 rings (SSSR count). The zero-order valence-corrected chi connectivity index (χ0v) is 16.2. The second kappa shape index (κ2) is 7.38. The minimum Gasteiger partial charge on any atom is -0.493 e. The van der Waals surface area contributed by atoms with Crippen LogP contribution in [0.3, 0.4) is 0 Å². The summed E-state index contributed by atoms with van der Waals surface area (Å²) in [6, 6.07) is 14.0. The van der Waals surface area contributed by atoms with Crippen LogP contribution >= 0.6 is 0 Å². The van der Waals surface area contributed by atoms with Gasteiger partial charge in [-0.15, -0.1) is 0 Å². The molecular formula is C22H23N3O3. The van der Waals surface area contributed by atoms with Gasteiger partial charge in [0.25, 0.3) is 0 Å². The zero-order valence-electron chi connectivity index (χ0n) is 16.2. The Balaban J connectivity index is 1.62. The second-order valence-electron chi connectivity index (χ2n) is 7.04. The lowest BCUT2D eigenvalue weighted by Crippen LogP contribution is -2.23. The lowest BCUT2D eigenvalue weighted by Gasteiger charge is -2.24. The van der Waals surface area contributed by atoms with E-state index in [2.05, 4.69) is 34.6 Å². The number of nitrogens with zero attached hydrogens (tertiary/aromatic N) is 1. The summed E-state index contributed by atoms with van der Waals surface area (Å²) in [5, 5.41) is 9.99. The molecule has 2 aromatic carbocycles. The van der Waals surface area contributed by atoms with Crippen LogP contribution in [0.15, 0.2) is 42.5 Å². The maximum Gasteiger partial charge on any atom is 0.226 e. The van der Waals surface area contributed by atoms with E-state index in [1.165, 1.54) is 5.56 Å². The van der Waals surface area contributed by atoms with Gasteiger partial charge in [-0.05, 0) is 42.7 Å². The molecule has 6 heteroatoms. The highest BCUT2D eigenvalue weighted by Crippen LogP contribution is 2.40. The van der Waals surface area contributed by atoms with E-state index in [1.807, 2.05) is 37.3 Å². The molecule has 3 aromatic rings. The van der Waals surface area contributed by atoms with Crippen molar-refractivity contribution in [1.29, 1.82) is 0 Å². The number of aryl methyl sites for hydroxylation is 2. The molecule has 0 fully saturated rings. The molecule has 2 heterocycles. The van der Waals surface area contributed by atoms with Crippen LogP contribution in [-0.2, 0) is 11.4 Å². The number of anilines is 1. The molecule has 0 aliphatic carbocycles. The molecule has 1 aliphatic heterocycles. The Morgan fingerprint density at radius 2 is 1.96 bits per heavy atom. The van der Waals surface area contributed by atoms with Gasteiger partial charge in [0, 0.05) is 23.6 Å². The van der Waals surface area contributed by atoms with Crippen LogP contribution in [0, 0.1) is 13.8 Å². The summed E-state index contributed by atoms with van der Waals surface area (Å²) in [6.07, 6.45) is 0.375. The first-order valence-corrected chi connectivity index (χ1v) is 9.26. The predicted octanol–water partition coefficient (Wildman–Crippen LogP) is 4.09. The Morgan fingerprint density at radius 3 is 2.75 bits per heavy atom. The van der Waals surface area contributed by atoms with E-state index >= 15 is 0 Å². The second-order valence-corrected chi connectivity index (χ2v) is 7.04. The molecule has 0 spiro atoms. The van der Waals surface area contributed by atoms with Crippen LogP contribution in [0.1, 0.15) is 40.3 Å². The highest BCUT2D eigenvalue weighted by Gasteiger charge is 2.31. The number of nitrogens with one attached hydrogen (secondary N) is 2. The van der Waals surface area contributed by atoms with E-state index in [0.29, 0.717) is 30.3 Å². The molecule has 1 atom stereocenters. The standard InChI is InChI=1S/C22H23N3O3/c1-13-6-4-5-7-16(13)12-28-18-9-8-15(10-19(18)27-3)17-11-20(26)23-22-21(17)14(2)24-25-22/h4-10,17H,11-12H2,1-3H3,(H2,23,24,25,26)/t17-/m0/s1. The van der Waals surface area contributed by atoms with Gasteiger partial charge in [-0.1, -0.05) is 30.3 Å². The van der Waals surface area contributed by atoms with E-state index in [1.54, 1.807) is 7.11 Å². The number of carbonyl (C=O) groups excluding carboxylic acids is 1. The van der Waals surface area contributed by atoms with Crippen LogP contribution in [0.4, 0.5) is 5.82 Å². The van der Waals surface area contributed by atoms with Crippen molar-refractivity contribution < 1.29 is 14.3 Å². The molecule has 0 saturated carbocycles. The van der Waals surface area contributed by atoms with E-state index in [9.17, 15) is 4.79 Å². The number of hydrogen-bond acceptors (Lipinski definition) is 4. The van der Waals surface area contributed by atoms with Crippen molar-refractivity contribution in [1.82, 2.24) is 10.2 Å². The van der Waals surface area contributed by atoms with Crippen molar-refractivity contribution in [3.63, 3.8) is 0 Å². The molecule has 1 aromatic heterocycles. The Hall–Kier alpha value is -3.28. The van der Waals surface area contributed by atoms with Gasteiger partial charge in [-0.2, -0.15) is 5.10 Å². The van der Waals surface area contributed by atoms with E-state index < -0.39 is 0 Å². The fourth-order valence-electron chi connectivity index (χ4n) is 3.66. The summed E-state index contributed by atoms with van der Waals surface area (Å²) in [4.78, 5) is 12.1. The molecule has 2 N–H and O–H groups in total. The van der Waals surface area contributed by atoms with Crippen LogP contribution in [0.25, 0.3) is 0 Å². The molecule has 0 bridgehead atoms. The highest BCUT2D eigenvalue weighted by molar-refractivity contribution is 5.94. The Kier molecular flexibility index (Phi) is 4.77. The number of aromatic nitrogens is 2. The first kappa shape index (κ1) is 18.1. The molecule has 0 saturated heterocycles. The topological polar surface area (TPSA) is 76.2 Å². The molecule has 6 nitrogen and oxygen atoms in total. The number of amides is 1. The summed E-state index contributed by atoms with van der Waals surface area (Å²) in [6.45, 7) is 4.50. The summed E-state index contributed by atoms with van der Waals surface area (Å²) >= 11 is 0. The summed E-state index contributed by atoms with van der Waals surface area (Å²) in [7, 11) is 1.63. The maximum absolute atomic E-state index is 12.1. The van der Waals surface area contributed by atoms with E-state index in [-0.39, 0.29) is 11.8 Å². The number of carbonyl (C=O) groups is 1. The van der Waals surface area contributed by atoms with Crippen molar-refractivity contribution in [3.05, 3.63) is 70.4 Å². The smallest absolute Gasteiger partial charge is 0.226 e. The summed E-state index contributed by atoms with van der Waals surface area (Å²) in [5.41, 5.74) is 5.31. The van der Waals surface area contributed by atoms with Gasteiger partial charge in [0.05, 0.1) is 7.11 Å². The van der Waals surface area contributed by atoms with Crippen molar-refractivity contribution >= 4 is 11.7 Å². The Bertz CT molecular complexity index is 1030. The normalized spacial score (nSPS) is 15.7. The third-order valence-corrected chi connectivity index (χ3v) is 5.22. The van der Waals surface area contributed by atoms with Gasteiger partial charge in [-0.3, -0.25) is 9.89 Å². The zero-order chi connectivity index (χ0) is 19.7. The van der Waals surface area contributed by atoms with Crippen LogP contribution < -0.4 is 14.8 Å². The van der Waals surface area contributed by atoms with Crippen LogP contribution in [0.2, 0.25) is 0 Å². The Labute approximate surface area is 163 Å². The molecule has 0 unspecified atom stereocenters. The first-order valence-electron chi connectivity index (χ1n) is 9.26. The molecule has 1 amide bonds. The maximum atomic E-state index is 12.1. The number of benzene rings is 2. The van der Waals surface area contributed by atoms with Crippen LogP contribution in [0.5, 0.6) is 11.5 Å². The fraction of sp³-hybridized carbons (Fsp3) is 0.273. The van der Waals surface area contributed by atoms with Gasteiger partial charge >= 0.3 is 0 Å². The number of H-pyrrole nitrogens is 1. The lowest BCUT2D eigenvalue weighted by atomic mass is 9.85. The monoisotopic (exact) mass is 377 g/mol. The number of ether oxygens (including phenoxy) is 2. The summed E-state index contributed by atoms with van der Waals surface area (Å²) in [5.74, 6) is 1.83. The molecule has 1 aliphatic rings. The van der Waals surface area contributed by atoms with E-state index in [0.717, 1.165) is 22.4 Å². The van der Waals surface area contributed by atoms with E-state index in [4.69, 9.17) is 9.47 Å². The molecular weight excluding hydrogens is 354 g/mol. The fourth-order valence-corrected chi connectivity index (χ4v) is 3.66. The highest BCUT2D eigenvalue weighted by atomic mass is 16.5. The number of methoxy groups -OCH3 is 1. The minimum absolute atomic E-state index is 0.0390. The van der Waals surface area contributed by atoms with Crippen LogP contribution in [-0.4, -0.2) is 23.2 Å². The number of fused-ring (bicyclic) bond motifs is 1. The number of rotatable bonds is 5. The van der Waals surface area contributed by atoms with Crippen molar-refractivity contribution in [2.24, 2.45) is 0 Å². The first-order chi connectivity index (χ1) is 13.6. The largest absolute Gasteiger partial charge is 0.493 e. The van der Waals surface area contributed by atoms with Gasteiger partial charge in [-0.25, -0.2) is 0 Å². The third kappa shape index (κ3) is 3.33. The quantitative estimate of drug-likeness (QED) is 0.702. The SMILES string of the molecule is COc1cc([C@@H]2CC(=O)Nc3n[nH]c(C)c32)ccc1OCc1ccccc1C. The lowest BCUT2D eigenvalue weighted by molar-refractivity contribution is -0.116. The summed E-state index contributed by atoms with van der Waals surface area (Å²) < 4.78 is 11.6. The van der Waals surface area contributed by atoms with Gasteiger partial charge in [0.15, 0.2) is 17.3 Å². The average Bonchev–Trinajstić information content (AvgIpc) is 3.07. The third-order valence-electron chi connectivity index (χ3n) is 5.22. The minimum atomic E-state index is -0.0678. The van der Waals surface area contributed by atoms with Gasteiger partial charge in [0.2, 0.25) is 5.91 Å². The molecule has 144 valence electrons. The predicted molar refractivity (Wildman–Crippen MR) is 107 cm³/mol. The number of aromatic amines is 1. The molecule has 0 radical (unpaired) electrons. The van der Waals surface area contributed by atoms with Crippen molar-refractivity contribution in [2.75, 3.05) is 12.4 Å².